The van der Waals surface area contributed by atoms with Crippen LogP contribution in [0.15, 0.2) is 0 Å². The summed E-state index contributed by atoms with van der Waals surface area (Å²) in [6.45, 7) is 3.17. The van der Waals surface area contributed by atoms with E-state index in [4.69, 9.17) is 0 Å². The Bertz CT molecular complexity index is 314. The van der Waals surface area contributed by atoms with Gasteiger partial charge < -0.3 is 10.0 Å². The Morgan fingerprint density at radius 1 is 1.29 bits per heavy atom. The maximum absolute atomic E-state index is 11.5. The summed E-state index contributed by atoms with van der Waals surface area (Å²) in [6.07, 6.45) is 0. The molecule has 1 amide bonds. The highest BCUT2D eigenvalue weighted by Gasteiger charge is 2.32. The zero-order chi connectivity index (χ0) is 11.0. The van der Waals surface area contributed by atoms with Crippen LogP contribution in [-0.4, -0.2) is 54.5 Å². The van der Waals surface area contributed by atoms with E-state index in [-0.39, 0.29) is 24.6 Å². The van der Waals surface area contributed by atoms with Crippen LogP contribution in [0.5, 0.6) is 0 Å². The molecule has 0 radical (unpaired) electrons. The predicted molar refractivity (Wildman–Crippen MR) is 51.5 cm³/mol. The van der Waals surface area contributed by atoms with E-state index in [0.29, 0.717) is 0 Å². The summed E-state index contributed by atoms with van der Waals surface area (Å²) in [4.78, 5) is 12.9. The second kappa shape index (κ2) is 3.51. The third-order valence-electron chi connectivity index (χ3n) is 2.16. The van der Waals surface area contributed by atoms with Gasteiger partial charge in [-0.2, -0.15) is 0 Å². The molecular formula is C8H15NO4S. The van der Waals surface area contributed by atoms with Gasteiger partial charge in [-0.15, -0.1) is 0 Å². The zero-order valence-corrected chi connectivity index (χ0v) is 9.17. The van der Waals surface area contributed by atoms with Gasteiger partial charge in [-0.25, -0.2) is 8.42 Å². The lowest BCUT2D eigenvalue weighted by atomic mass is 10.1. The summed E-state index contributed by atoms with van der Waals surface area (Å²) in [5.74, 6) is -0.420. The average molecular weight is 221 g/mol. The first kappa shape index (κ1) is 11.5. The van der Waals surface area contributed by atoms with Crippen molar-refractivity contribution in [1.29, 1.82) is 0 Å². The molecule has 1 N–H and O–H groups in total. The van der Waals surface area contributed by atoms with Crippen molar-refractivity contribution < 1.29 is 18.3 Å². The Morgan fingerprint density at radius 3 is 2.07 bits per heavy atom. The lowest BCUT2D eigenvalue weighted by Crippen LogP contribution is -2.51. The highest BCUT2D eigenvalue weighted by atomic mass is 32.2. The molecule has 1 aliphatic heterocycles. The number of sulfone groups is 1. The van der Waals surface area contributed by atoms with Crippen molar-refractivity contribution in [3.8, 4) is 0 Å². The minimum Gasteiger partial charge on any atom is -0.381 e. The summed E-state index contributed by atoms with van der Waals surface area (Å²) < 4.78 is 22.1. The fourth-order valence-electron chi connectivity index (χ4n) is 1.30. The van der Waals surface area contributed by atoms with Crippen LogP contribution < -0.4 is 0 Å². The molecule has 14 heavy (non-hydrogen) atoms. The molecule has 0 spiro atoms. The van der Waals surface area contributed by atoms with Gasteiger partial charge >= 0.3 is 0 Å². The molecule has 0 aromatic heterocycles. The van der Waals surface area contributed by atoms with Crippen LogP contribution in [0.25, 0.3) is 0 Å². The van der Waals surface area contributed by atoms with E-state index in [2.05, 4.69) is 0 Å². The molecule has 6 heteroatoms. The van der Waals surface area contributed by atoms with E-state index in [0.717, 1.165) is 0 Å². The number of rotatable bonds is 1. The number of hydrogen-bond acceptors (Lipinski definition) is 4. The minimum absolute atomic E-state index is 0.00514. The van der Waals surface area contributed by atoms with Gasteiger partial charge in [0.15, 0.2) is 9.84 Å². The van der Waals surface area contributed by atoms with Crippen LogP contribution in [0, 0.1) is 0 Å². The molecule has 0 aromatic rings. The van der Waals surface area contributed by atoms with Crippen molar-refractivity contribution >= 4 is 15.7 Å². The number of aliphatic hydroxyl groups is 1. The van der Waals surface area contributed by atoms with Crippen molar-refractivity contribution in [3.05, 3.63) is 0 Å². The van der Waals surface area contributed by atoms with Crippen molar-refractivity contribution in [2.24, 2.45) is 0 Å². The van der Waals surface area contributed by atoms with E-state index < -0.39 is 21.3 Å². The molecule has 0 aliphatic carbocycles. The third-order valence-corrected chi connectivity index (χ3v) is 3.76. The zero-order valence-electron chi connectivity index (χ0n) is 8.36. The number of hydrogen-bond donors (Lipinski definition) is 1. The van der Waals surface area contributed by atoms with Crippen molar-refractivity contribution in [1.82, 2.24) is 4.90 Å². The lowest BCUT2D eigenvalue weighted by molar-refractivity contribution is -0.147. The largest absolute Gasteiger partial charge is 0.381 e. The van der Waals surface area contributed by atoms with Crippen LogP contribution in [0.3, 0.4) is 0 Å². The smallest absolute Gasteiger partial charge is 0.254 e. The van der Waals surface area contributed by atoms with Gasteiger partial charge in [0.05, 0.1) is 11.5 Å². The van der Waals surface area contributed by atoms with Gasteiger partial charge in [0.25, 0.3) is 5.91 Å². The van der Waals surface area contributed by atoms with Gasteiger partial charge in [0.2, 0.25) is 0 Å². The van der Waals surface area contributed by atoms with Crippen molar-refractivity contribution in [3.63, 3.8) is 0 Å². The van der Waals surface area contributed by atoms with Crippen LogP contribution in [0.4, 0.5) is 0 Å². The molecule has 0 unspecified atom stereocenters. The van der Waals surface area contributed by atoms with Crippen molar-refractivity contribution in [2.75, 3.05) is 24.6 Å². The topological polar surface area (TPSA) is 74.7 Å². The summed E-state index contributed by atoms with van der Waals surface area (Å²) in [6, 6.07) is 0. The molecule has 0 saturated carbocycles. The maximum atomic E-state index is 11.5. The van der Waals surface area contributed by atoms with Gasteiger partial charge in [0.1, 0.15) is 5.60 Å². The van der Waals surface area contributed by atoms with E-state index in [1.54, 1.807) is 0 Å². The number of amides is 1. The quantitative estimate of drug-likeness (QED) is 0.617. The number of nitrogens with zero attached hydrogens (tertiary/aromatic N) is 1. The van der Waals surface area contributed by atoms with Gasteiger partial charge in [-0.05, 0) is 13.8 Å². The van der Waals surface area contributed by atoms with Crippen LogP contribution in [-0.2, 0) is 14.6 Å². The van der Waals surface area contributed by atoms with Gasteiger partial charge in [-0.1, -0.05) is 0 Å². The summed E-state index contributed by atoms with van der Waals surface area (Å²) in [5, 5.41) is 9.43. The molecule has 1 heterocycles. The minimum atomic E-state index is -2.97. The van der Waals surface area contributed by atoms with E-state index in [9.17, 15) is 18.3 Å². The van der Waals surface area contributed by atoms with Crippen molar-refractivity contribution in [2.45, 2.75) is 19.4 Å². The summed E-state index contributed by atoms with van der Waals surface area (Å²) in [7, 11) is -2.97. The molecule has 1 saturated heterocycles. The molecule has 1 rings (SSSR count). The Kier molecular flexibility index (Phi) is 2.87. The van der Waals surface area contributed by atoms with E-state index >= 15 is 0 Å². The van der Waals surface area contributed by atoms with E-state index in [1.807, 2.05) is 0 Å². The fraction of sp³-hybridized carbons (Fsp3) is 0.875. The monoisotopic (exact) mass is 221 g/mol. The molecule has 1 fully saturated rings. The Morgan fingerprint density at radius 2 is 1.71 bits per heavy atom. The predicted octanol–water partition coefficient (Wildman–Crippen LogP) is -0.986. The molecule has 0 bridgehead atoms. The van der Waals surface area contributed by atoms with Gasteiger partial charge in [-0.3, -0.25) is 4.79 Å². The third kappa shape index (κ3) is 2.68. The fourth-order valence-corrected chi connectivity index (χ4v) is 2.50. The van der Waals surface area contributed by atoms with Crippen LogP contribution in [0.2, 0.25) is 0 Å². The maximum Gasteiger partial charge on any atom is 0.254 e. The second-order valence-corrected chi connectivity index (χ2v) is 6.31. The molecule has 1 aliphatic rings. The van der Waals surface area contributed by atoms with Crippen LogP contribution in [0.1, 0.15) is 13.8 Å². The Hall–Kier alpha value is -0.620. The molecule has 82 valence electrons. The number of carbonyl (C=O) groups is 1. The van der Waals surface area contributed by atoms with E-state index in [1.165, 1.54) is 18.7 Å². The standard InChI is InChI=1S/C8H15NO4S/c1-8(2,11)7(10)9-3-5-14(12,13)6-4-9/h11H,3-6H2,1-2H3. The second-order valence-electron chi connectivity index (χ2n) is 4.00. The Balaban J connectivity index is 2.63. The summed E-state index contributed by atoms with van der Waals surface area (Å²) >= 11 is 0. The first-order valence-corrected chi connectivity index (χ1v) is 6.27. The first-order chi connectivity index (χ1) is 6.22. The lowest BCUT2D eigenvalue weighted by Gasteiger charge is -2.31. The molecule has 0 aromatic carbocycles. The Labute approximate surface area is 83.6 Å². The molecular weight excluding hydrogens is 206 g/mol. The molecule has 5 nitrogen and oxygen atoms in total. The first-order valence-electron chi connectivity index (χ1n) is 4.44. The normalized spacial score (nSPS) is 22.1. The van der Waals surface area contributed by atoms with Gasteiger partial charge in [0, 0.05) is 13.1 Å². The number of carbonyl (C=O) groups excluding carboxylic acids is 1. The summed E-state index contributed by atoms with van der Waals surface area (Å²) in [5.41, 5.74) is -1.42. The SMILES string of the molecule is CC(C)(O)C(=O)N1CCS(=O)(=O)CC1. The highest BCUT2D eigenvalue weighted by molar-refractivity contribution is 7.91. The van der Waals surface area contributed by atoms with Crippen LogP contribution >= 0.6 is 0 Å². The molecule has 0 atom stereocenters. The average Bonchev–Trinajstić information content (AvgIpc) is 2.01. The highest BCUT2D eigenvalue weighted by Crippen LogP contribution is 2.11.